The Bertz CT molecular complexity index is 509. The Morgan fingerprint density at radius 1 is 1.26 bits per heavy atom. The highest BCUT2D eigenvalue weighted by molar-refractivity contribution is 5.85. The molecule has 1 atom stereocenters. The molecule has 1 rings (SSSR count). The molecule has 0 saturated carbocycles. The van der Waals surface area contributed by atoms with Gasteiger partial charge in [-0.1, -0.05) is 6.07 Å². The summed E-state index contributed by atoms with van der Waals surface area (Å²) in [6.45, 7) is 4.55. The lowest BCUT2D eigenvalue weighted by molar-refractivity contribution is -0.143. The van der Waals surface area contributed by atoms with E-state index in [0.29, 0.717) is 0 Å². The van der Waals surface area contributed by atoms with Crippen LogP contribution in [0.15, 0.2) is 18.2 Å². The molecule has 132 valence electrons. The molecule has 0 fully saturated rings. The Morgan fingerprint density at radius 3 is 2.22 bits per heavy atom. The molecule has 1 aromatic rings. The number of carbonyl (C=O) groups excluding carboxylic acids is 1. The van der Waals surface area contributed by atoms with Gasteiger partial charge in [0, 0.05) is 6.04 Å². The van der Waals surface area contributed by atoms with Crippen molar-refractivity contribution in [1.29, 1.82) is 0 Å². The van der Waals surface area contributed by atoms with E-state index in [1.807, 2.05) is 0 Å². The van der Waals surface area contributed by atoms with Crippen molar-refractivity contribution in [2.45, 2.75) is 45.0 Å². The van der Waals surface area contributed by atoms with Crippen LogP contribution in [0.4, 0.5) is 13.2 Å². The normalized spacial score (nSPS) is 13.2. The maximum absolute atomic E-state index is 13.0. The monoisotopic (exact) mass is 355 g/mol. The molecule has 0 aliphatic carbocycles. The summed E-state index contributed by atoms with van der Waals surface area (Å²) >= 11 is 0. The second-order valence-corrected chi connectivity index (χ2v) is 5.52. The van der Waals surface area contributed by atoms with E-state index in [1.165, 1.54) is 19.9 Å². The number of ether oxygens (including phenoxy) is 1. The fourth-order valence-corrected chi connectivity index (χ4v) is 1.90. The molecule has 0 bridgehead atoms. The highest BCUT2D eigenvalue weighted by Gasteiger charge is 2.33. The average molecular weight is 356 g/mol. The van der Waals surface area contributed by atoms with E-state index in [4.69, 9.17) is 10.5 Å². The summed E-state index contributed by atoms with van der Waals surface area (Å²) in [6.07, 6.45) is -4.81. The number of nitrogens with two attached hydrogens (primary N) is 1. The lowest BCUT2D eigenvalue weighted by Crippen LogP contribution is -2.21. The zero-order valence-electron chi connectivity index (χ0n) is 13.1. The summed E-state index contributed by atoms with van der Waals surface area (Å²) in [5.74, 6) is -0.586. The first-order valence-electron chi connectivity index (χ1n) is 6.81. The number of esters is 1. The minimum atomic E-state index is -4.57. The van der Waals surface area contributed by atoms with Gasteiger partial charge in [-0.25, -0.2) is 0 Å². The van der Waals surface area contributed by atoms with Crippen molar-refractivity contribution in [3.63, 3.8) is 0 Å². The molecule has 0 unspecified atom stereocenters. The predicted molar refractivity (Wildman–Crippen MR) is 82.1 cm³/mol. The van der Waals surface area contributed by atoms with Gasteiger partial charge in [-0.2, -0.15) is 13.2 Å². The SMILES string of the molecule is CCOC(=O)C[C@H](N)c1cc(C(C)(C)O)cc(C(F)(F)F)c1.Cl. The number of benzene rings is 1. The third-order valence-corrected chi connectivity index (χ3v) is 3.11. The molecular formula is C15H21ClF3NO3. The molecule has 23 heavy (non-hydrogen) atoms. The molecule has 0 aliphatic rings. The van der Waals surface area contributed by atoms with Crippen LogP contribution in [0, 0.1) is 0 Å². The molecule has 4 nitrogen and oxygen atoms in total. The van der Waals surface area contributed by atoms with Gasteiger partial charge in [0.2, 0.25) is 0 Å². The van der Waals surface area contributed by atoms with Gasteiger partial charge < -0.3 is 15.6 Å². The number of hydrogen-bond acceptors (Lipinski definition) is 4. The summed E-state index contributed by atoms with van der Waals surface area (Å²) in [7, 11) is 0. The summed E-state index contributed by atoms with van der Waals surface area (Å²) in [5.41, 5.74) is 3.63. The standard InChI is InChI=1S/C15H20F3NO3.ClH/c1-4-22-13(20)8-12(19)9-5-10(14(2,3)21)7-11(6-9)15(16,17)18;/h5-7,12,21H,4,8,19H2,1-3H3;1H/t12-;/m0./s1. The van der Waals surface area contributed by atoms with Gasteiger partial charge in [0.25, 0.3) is 0 Å². The molecule has 0 heterocycles. The van der Waals surface area contributed by atoms with Crippen molar-refractivity contribution in [3.05, 3.63) is 34.9 Å². The van der Waals surface area contributed by atoms with E-state index in [1.54, 1.807) is 6.92 Å². The third kappa shape index (κ3) is 6.37. The Labute approximate surface area is 139 Å². The summed E-state index contributed by atoms with van der Waals surface area (Å²) in [6, 6.07) is 2.20. The minimum Gasteiger partial charge on any atom is -0.466 e. The molecule has 0 aliphatic heterocycles. The number of halogens is 4. The van der Waals surface area contributed by atoms with Crippen LogP contribution in [-0.4, -0.2) is 17.7 Å². The Balaban J connectivity index is 0.00000484. The fraction of sp³-hybridized carbons (Fsp3) is 0.533. The van der Waals surface area contributed by atoms with Gasteiger partial charge in [-0.3, -0.25) is 4.79 Å². The number of aliphatic hydroxyl groups is 1. The van der Waals surface area contributed by atoms with Crippen LogP contribution in [0.1, 0.15) is 49.9 Å². The molecule has 0 amide bonds. The molecule has 0 aromatic heterocycles. The van der Waals surface area contributed by atoms with Gasteiger partial charge >= 0.3 is 12.1 Å². The Hall–Kier alpha value is -1.31. The molecule has 0 radical (unpaired) electrons. The van der Waals surface area contributed by atoms with Crippen molar-refractivity contribution in [2.24, 2.45) is 5.73 Å². The first-order valence-corrected chi connectivity index (χ1v) is 6.81. The first-order chi connectivity index (χ1) is 9.95. The predicted octanol–water partition coefficient (Wildman–Crippen LogP) is 3.31. The lowest BCUT2D eigenvalue weighted by atomic mass is 9.91. The fourth-order valence-electron chi connectivity index (χ4n) is 1.90. The van der Waals surface area contributed by atoms with Crippen LogP contribution in [0.5, 0.6) is 0 Å². The quantitative estimate of drug-likeness (QED) is 0.795. The van der Waals surface area contributed by atoms with Crippen molar-refractivity contribution in [2.75, 3.05) is 6.61 Å². The van der Waals surface area contributed by atoms with Crippen LogP contribution in [-0.2, 0) is 21.3 Å². The van der Waals surface area contributed by atoms with Crippen molar-refractivity contribution < 1.29 is 27.8 Å². The topological polar surface area (TPSA) is 72.5 Å². The van der Waals surface area contributed by atoms with Gasteiger partial charge in [0.15, 0.2) is 0 Å². The van der Waals surface area contributed by atoms with Gasteiger partial charge in [-0.05, 0) is 44.0 Å². The second-order valence-electron chi connectivity index (χ2n) is 5.52. The molecule has 3 N–H and O–H groups in total. The van der Waals surface area contributed by atoms with E-state index in [2.05, 4.69) is 0 Å². The lowest BCUT2D eigenvalue weighted by Gasteiger charge is -2.22. The van der Waals surface area contributed by atoms with Crippen molar-refractivity contribution >= 4 is 18.4 Å². The van der Waals surface area contributed by atoms with Gasteiger partial charge in [0.05, 0.1) is 24.2 Å². The van der Waals surface area contributed by atoms with E-state index in [9.17, 15) is 23.1 Å². The number of alkyl halides is 3. The summed E-state index contributed by atoms with van der Waals surface area (Å²) in [4.78, 5) is 11.4. The van der Waals surface area contributed by atoms with Crippen molar-refractivity contribution in [1.82, 2.24) is 0 Å². The van der Waals surface area contributed by atoms with Crippen LogP contribution >= 0.6 is 12.4 Å². The molecule has 1 aromatic carbocycles. The van der Waals surface area contributed by atoms with Crippen LogP contribution in [0.3, 0.4) is 0 Å². The van der Waals surface area contributed by atoms with E-state index in [-0.39, 0.29) is 36.6 Å². The molecule has 8 heteroatoms. The van der Waals surface area contributed by atoms with Crippen LogP contribution in [0.2, 0.25) is 0 Å². The highest BCUT2D eigenvalue weighted by atomic mass is 35.5. The number of rotatable bonds is 5. The smallest absolute Gasteiger partial charge is 0.416 e. The number of hydrogen-bond donors (Lipinski definition) is 2. The highest BCUT2D eigenvalue weighted by Crippen LogP contribution is 2.34. The maximum Gasteiger partial charge on any atom is 0.416 e. The van der Waals surface area contributed by atoms with E-state index in [0.717, 1.165) is 12.1 Å². The largest absolute Gasteiger partial charge is 0.466 e. The molecule has 0 spiro atoms. The van der Waals surface area contributed by atoms with E-state index < -0.39 is 29.4 Å². The Morgan fingerprint density at radius 2 is 1.78 bits per heavy atom. The zero-order chi connectivity index (χ0) is 17.1. The summed E-state index contributed by atoms with van der Waals surface area (Å²) in [5, 5.41) is 9.95. The first kappa shape index (κ1) is 21.7. The maximum atomic E-state index is 13.0. The zero-order valence-corrected chi connectivity index (χ0v) is 13.9. The van der Waals surface area contributed by atoms with Gasteiger partial charge in [0.1, 0.15) is 0 Å². The Kier molecular flexibility index (Phi) is 7.53. The van der Waals surface area contributed by atoms with Crippen molar-refractivity contribution in [3.8, 4) is 0 Å². The van der Waals surface area contributed by atoms with E-state index >= 15 is 0 Å². The third-order valence-electron chi connectivity index (χ3n) is 3.11. The molecular weight excluding hydrogens is 335 g/mol. The number of carbonyl (C=O) groups is 1. The molecule has 0 saturated heterocycles. The second kappa shape index (κ2) is 7.99. The minimum absolute atomic E-state index is 0. The average Bonchev–Trinajstić information content (AvgIpc) is 2.36. The van der Waals surface area contributed by atoms with Gasteiger partial charge in [-0.15, -0.1) is 12.4 Å². The summed E-state index contributed by atoms with van der Waals surface area (Å²) < 4.78 is 43.6. The van der Waals surface area contributed by atoms with Crippen LogP contribution in [0.25, 0.3) is 0 Å². The van der Waals surface area contributed by atoms with Crippen LogP contribution < -0.4 is 5.73 Å².